The van der Waals surface area contributed by atoms with Crippen molar-refractivity contribution in [3.05, 3.63) is 24.0 Å². The van der Waals surface area contributed by atoms with Crippen LogP contribution in [0.5, 0.6) is 0 Å². The van der Waals surface area contributed by atoms with E-state index in [2.05, 4.69) is 16.8 Å². The maximum Gasteiger partial charge on any atom is 0.0600 e. The van der Waals surface area contributed by atoms with Crippen LogP contribution in [0.15, 0.2) is 18.5 Å². The molecule has 0 saturated carbocycles. The Morgan fingerprint density at radius 1 is 1.41 bits per heavy atom. The highest BCUT2D eigenvalue weighted by molar-refractivity contribution is 6.17. The molecule has 0 bridgehead atoms. The van der Waals surface area contributed by atoms with Crippen LogP contribution in [-0.4, -0.2) is 17.6 Å². The van der Waals surface area contributed by atoms with Gasteiger partial charge in [0.1, 0.15) is 0 Å². The van der Waals surface area contributed by atoms with Gasteiger partial charge >= 0.3 is 0 Å². The van der Waals surface area contributed by atoms with Gasteiger partial charge in [-0.3, -0.25) is 4.98 Å². The number of halogens is 1. The first-order chi connectivity index (χ1) is 8.36. The Kier molecular flexibility index (Phi) is 4.66. The maximum atomic E-state index is 6.03. The number of anilines is 1. The van der Waals surface area contributed by atoms with E-state index in [1.54, 1.807) is 0 Å². The lowest BCUT2D eigenvalue weighted by molar-refractivity contribution is 0.555. The molecule has 1 saturated heterocycles. The van der Waals surface area contributed by atoms with Crippen LogP contribution >= 0.6 is 11.6 Å². The molecule has 3 heteroatoms. The number of aromatic nitrogens is 1. The highest BCUT2D eigenvalue weighted by Gasteiger charge is 2.21. The Balaban J connectivity index is 2.28. The second-order valence-electron chi connectivity index (χ2n) is 4.74. The minimum Gasteiger partial charge on any atom is -0.367 e. The second-order valence-corrected chi connectivity index (χ2v) is 5.01. The first-order valence-corrected chi connectivity index (χ1v) is 7.15. The molecule has 1 atom stereocenters. The summed E-state index contributed by atoms with van der Waals surface area (Å²) in [5.41, 5.74) is 2.46. The molecule has 0 radical (unpaired) electrons. The number of nitrogens with zero attached hydrogens (tertiary/aromatic N) is 2. The fraction of sp³-hybridized carbons (Fsp3) is 0.643. The molecule has 2 rings (SSSR count). The Morgan fingerprint density at radius 2 is 2.29 bits per heavy atom. The average molecular weight is 253 g/mol. The van der Waals surface area contributed by atoms with Crippen LogP contribution in [0.2, 0.25) is 0 Å². The summed E-state index contributed by atoms with van der Waals surface area (Å²) in [6.07, 6.45) is 10.3. The van der Waals surface area contributed by atoms with Crippen LogP contribution in [0, 0.1) is 0 Å². The van der Waals surface area contributed by atoms with Crippen molar-refractivity contribution >= 4 is 17.3 Å². The molecular weight excluding hydrogens is 232 g/mol. The van der Waals surface area contributed by atoms with E-state index in [0.29, 0.717) is 11.9 Å². The highest BCUT2D eigenvalue weighted by atomic mass is 35.5. The maximum absolute atomic E-state index is 6.03. The smallest absolute Gasteiger partial charge is 0.0600 e. The van der Waals surface area contributed by atoms with E-state index in [9.17, 15) is 0 Å². The molecule has 2 nitrogen and oxygen atoms in total. The van der Waals surface area contributed by atoms with Crippen molar-refractivity contribution in [3.8, 4) is 0 Å². The van der Waals surface area contributed by atoms with E-state index in [0.717, 1.165) is 6.54 Å². The normalized spacial score (nSPS) is 21.3. The lowest BCUT2D eigenvalue weighted by Crippen LogP contribution is -2.35. The molecule has 1 aliphatic heterocycles. The topological polar surface area (TPSA) is 16.1 Å². The van der Waals surface area contributed by atoms with E-state index < -0.39 is 0 Å². The van der Waals surface area contributed by atoms with E-state index in [1.807, 2.05) is 18.5 Å². The van der Waals surface area contributed by atoms with E-state index in [1.165, 1.54) is 43.4 Å². The molecule has 1 fully saturated rings. The van der Waals surface area contributed by atoms with Crippen molar-refractivity contribution in [2.75, 3.05) is 11.4 Å². The predicted molar refractivity (Wildman–Crippen MR) is 73.7 cm³/mol. The minimum atomic E-state index is 0.574. The summed E-state index contributed by atoms with van der Waals surface area (Å²) < 4.78 is 0. The Morgan fingerprint density at radius 3 is 3.06 bits per heavy atom. The number of hydrogen-bond donors (Lipinski definition) is 0. The summed E-state index contributed by atoms with van der Waals surface area (Å²) in [6, 6.07) is 2.70. The highest BCUT2D eigenvalue weighted by Crippen LogP contribution is 2.28. The Hall–Kier alpha value is -0.760. The molecule has 1 aliphatic rings. The van der Waals surface area contributed by atoms with Gasteiger partial charge in [-0.1, -0.05) is 19.8 Å². The van der Waals surface area contributed by atoms with Crippen molar-refractivity contribution in [1.82, 2.24) is 4.98 Å². The average Bonchev–Trinajstić information content (AvgIpc) is 2.63. The molecule has 2 heterocycles. The van der Waals surface area contributed by atoms with Gasteiger partial charge in [-0.2, -0.15) is 0 Å². The van der Waals surface area contributed by atoms with Crippen molar-refractivity contribution in [2.45, 2.75) is 50.9 Å². The molecule has 0 aliphatic carbocycles. The van der Waals surface area contributed by atoms with Crippen LogP contribution in [-0.2, 0) is 5.88 Å². The summed E-state index contributed by atoms with van der Waals surface area (Å²) in [6.45, 7) is 3.42. The molecule has 1 unspecified atom stereocenters. The largest absolute Gasteiger partial charge is 0.367 e. The van der Waals surface area contributed by atoms with Crippen LogP contribution in [0.25, 0.3) is 0 Å². The molecular formula is C14H21ClN2. The zero-order chi connectivity index (χ0) is 12.1. The molecule has 0 aromatic carbocycles. The van der Waals surface area contributed by atoms with Gasteiger partial charge in [0.15, 0.2) is 0 Å². The number of pyridine rings is 1. The monoisotopic (exact) mass is 252 g/mol. The predicted octanol–water partition coefficient (Wildman–Crippen LogP) is 3.98. The van der Waals surface area contributed by atoms with Gasteiger partial charge in [0.25, 0.3) is 0 Å². The summed E-state index contributed by atoms with van der Waals surface area (Å²) in [4.78, 5) is 6.79. The zero-order valence-corrected chi connectivity index (χ0v) is 11.3. The Bertz CT molecular complexity index is 354. The number of hydrogen-bond acceptors (Lipinski definition) is 2. The molecule has 1 aromatic heterocycles. The second kappa shape index (κ2) is 6.25. The fourth-order valence-corrected chi connectivity index (χ4v) is 2.93. The van der Waals surface area contributed by atoms with Gasteiger partial charge in [-0.05, 0) is 30.9 Å². The van der Waals surface area contributed by atoms with Gasteiger partial charge in [0.2, 0.25) is 0 Å². The van der Waals surface area contributed by atoms with Gasteiger partial charge < -0.3 is 4.90 Å². The van der Waals surface area contributed by atoms with Gasteiger partial charge in [0, 0.05) is 24.7 Å². The summed E-state index contributed by atoms with van der Waals surface area (Å²) in [5.74, 6) is 0.574. The molecule has 94 valence electrons. The van der Waals surface area contributed by atoms with Gasteiger partial charge in [-0.15, -0.1) is 11.6 Å². The molecule has 1 aromatic rings. The van der Waals surface area contributed by atoms with Crippen LogP contribution in [0.1, 0.15) is 44.6 Å². The van der Waals surface area contributed by atoms with E-state index in [4.69, 9.17) is 11.6 Å². The zero-order valence-electron chi connectivity index (χ0n) is 10.5. The SMILES string of the molecule is CCC1CCCCCN1c1cnccc1CCl. The molecule has 0 N–H and O–H groups in total. The third-order valence-corrected chi connectivity index (χ3v) is 3.98. The number of alkyl halides is 1. The quantitative estimate of drug-likeness (QED) is 0.757. The standard InChI is InChI=1S/C14H21ClN2/c1-2-13-6-4-3-5-9-17(13)14-11-16-8-7-12(14)10-15/h7-8,11,13H,2-6,9-10H2,1H3. The van der Waals surface area contributed by atoms with Crippen molar-refractivity contribution in [1.29, 1.82) is 0 Å². The van der Waals surface area contributed by atoms with Gasteiger partial charge in [0.05, 0.1) is 11.9 Å². The van der Waals surface area contributed by atoms with Crippen molar-refractivity contribution < 1.29 is 0 Å². The summed E-state index contributed by atoms with van der Waals surface area (Å²) >= 11 is 6.03. The fourth-order valence-electron chi connectivity index (χ4n) is 2.71. The van der Waals surface area contributed by atoms with Gasteiger partial charge in [-0.25, -0.2) is 0 Å². The molecule has 0 spiro atoms. The van der Waals surface area contributed by atoms with Crippen molar-refractivity contribution in [3.63, 3.8) is 0 Å². The third-order valence-electron chi connectivity index (χ3n) is 3.69. The van der Waals surface area contributed by atoms with E-state index in [-0.39, 0.29) is 0 Å². The first kappa shape index (κ1) is 12.7. The minimum absolute atomic E-state index is 0.574. The number of rotatable bonds is 3. The van der Waals surface area contributed by atoms with Crippen LogP contribution < -0.4 is 4.90 Å². The molecule has 0 amide bonds. The lowest BCUT2D eigenvalue weighted by Gasteiger charge is -2.32. The van der Waals surface area contributed by atoms with Crippen LogP contribution in [0.4, 0.5) is 5.69 Å². The van der Waals surface area contributed by atoms with Crippen LogP contribution in [0.3, 0.4) is 0 Å². The van der Waals surface area contributed by atoms with Crippen molar-refractivity contribution in [2.24, 2.45) is 0 Å². The third kappa shape index (κ3) is 2.92. The lowest BCUT2D eigenvalue weighted by atomic mass is 10.1. The Labute approximate surface area is 109 Å². The first-order valence-electron chi connectivity index (χ1n) is 6.62. The summed E-state index contributed by atoms with van der Waals surface area (Å²) in [7, 11) is 0. The van der Waals surface area contributed by atoms with E-state index >= 15 is 0 Å². The molecule has 17 heavy (non-hydrogen) atoms. The summed E-state index contributed by atoms with van der Waals surface area (Å²) in [5, 5.41) is 0.